The maximum absolute atomic E-state index is 12.8. The first kappa shape index (κ1) is 37.4. The molecule has 1 fully saturated rings. The molecule has 42 heavy (non-hydrogen) atoms. The first-order chi connectivity index (χ1) is 20.2. The van der Waals surface area contributed by atoms with Crippen LogP contribution in [0.4, 0.5) is 0 Å². The molecule has 3 unspecified atom stereocenters. The standard InChI is InChI=1S/C32H55NO9/c1-5-7-9-11-13-15-17-30(36)40-23-27(19-31(37)39-18-16-14-12-10-8-6-2)20-32(38)41-24-28-21-29(42-26(4)35)22-33(28)25(3)34/h27-29H,5-24H2,1-4H3. The van der Waals surface area contributed by atoms with Gasteiger partial charge in [-0.1, -0.05) is 78.1 Å². The molecule has 0 saturated carbocycles. The zero-order valence-corrected chi connectivity index (χ0v) is 26.5. The van der Waals surface area contributed by atoms with Gasteiger partial charge in [-0.05, 0) is 12.8 Å². The Morgan fingerprint density at radius 3 is 1.88 bits per heavy atom. The molecule has 0 spiro atoms. The van der Waals surface area contributed by atoms with Gasteiger partial charge in [0.15, 0.2) is 0 Å². The van der Waals surface area contributed by atoms with Gasteiger partial charge in [-0.3, -0.25) is 24.0 Å². The average Bonchev–Trinajstić information content (AvgIpc) is 3.34. The molecule has 0 aliphatic carbocycles. The van der Waals surface area contributed by atoms with Crippen LogP contribution in [0.1, 0.15) is 130 Å². The Morgan fingerprint density at radius 2 is 1.29 bits per heavy atom. The molecule has 0 N–H and O–H groups in total. The Kier molecular flexibility index (Phi) is 20.4. The third-order valence-electron chi connectivity index (χ3n) is 7.44. The van der Waals surface area contributed by atoms with Gasteiger partial charge >= 0.3 is 23.9 Å². The van der Waals surface area contributed by atoms with Crippen molar-refractivity contribution in [2.75, 3.05) is 26.4 Å². The quantitative estimate of drug-likeness (QED) is 0.0831. The van der Waals surface area contributed by atoms with Gasteiger partial charge < -0.3 is 23.8 Å². The molecule has 1 heterocycles. The fraction of sp³-hybridized carbons (Fsp3) is 0.844. The number of unbranched alkanes of at least 4 members (excludes halogenated alkanes) is 10. The molecule has 1 amide bonds. The second kappa shape index (κ2) is 22.9. The van der Waals surface area contributed by atoms with Gasteiger partial charge in [-0.15, -0.1) is 0 Å². The van der Waals surface area contributed by atoms with E-state index in [1.807, 2.05) is 0 Å². The van der Waals surface area contributed by atoms with Gasteiger partial charge in [0.25, 0.3) is 0 Å². The number of amides is 1. The van der Waals surface area contributed by atoms with Gasteiger partial charge in [-0.2, -0.15) is 0 Å². The van der Waals surface area contributed by atoms with Crippen LogP contribution < -0.4 is 0 Å². The number of hydrogen-bond acceptors (Lipinski definition) is 9. The molecule has 1 aliphatic heterocycles. The highest BCUT2D eigenvalue weighted by molar-refractivity contribution is 5.75. The molecule has 0 aromatic carbocycles. The van der Waals surface area contributed by atoms with Crippen molar-refractivity contribution in [2.24, 2.45) is 5.92 Å². The van der Waals surface area contributed by atoms with E-state index < -0.39 is 36.0 Å². The minimum Gasteiger partial charge on any atom is -0.466 e. The molecule has 0 radical (unpaired) electrons. The van der Waals surface area contributed by atoms with Crippen molar-refractivity contribution in [2.45, 2.75) is 143 Å². The average molecular weight is 598 g/mol. The summed E-state index contributed by atoms with van der Waals surface area (Å²) in [6.45, 7) is 7.49. The first-order valence-electron chi connectivity index (χ1n) is 16.1. The lowest BCUT2D eigenvalue weighted by Gasteiger charge is -2.23. The summed E-state index contributed by atoms with van der Waals surface area (Å²) in [6.07, 6.45) is 12.8. The molecule has 1 rings (SSSR count). The largest absolute Gasteiger partial charge is 0.466 e. The lowest BCUT2D eigenvalue weighted by atomic mass is 10.0. The van der Waals surface area contributed by atoms with Crippen LogP contribution in [0.5, 0.6) is 0 Å². The Balaban J connectivity index is 2.58. The van der Waals surface area contributed by atoms with E-state index >= 15 is 0 Å². The lowest BCUT2D eigenvalue weighted by molar-refractivity contribution is -0.154. The summed E-state index contributed by atoms with van der Waals surface area (Å²) in [5, 5.41) is 0. The highest BCUT2D eigenvalue weighted by Crippen LogP contribution is 2.22. The summed E-state index contributed by atoms with van der Waals surface area (Å²) < 4.78 is 21.5. The molecule has 3 atom stereocenters. The van der Waals surface area contributed by atoms with Crippen LogP contribution in [-0.2, 0) is 42.9 Å². The van der Waals surface area contributed by atoms with E-state index in [2.05, 4.69) is 13.8 Å². The minimum absolute atomic E-state index is 0.0524. The molecule has 10 nitrogen and oxygen atoms in total. The summed E-state index contributed by atoms with van der Waals surface area (Å²) in [6, 6.07) is -0.410. The van der Waals surface area contributed by atoms with Crippen molar-refractivity contribution in [1.82, 2.24) is 4.90 Å². The third-order valence-corrected chi connectivity index (χ3v) is 7.44. The second-order valence-electron chi connectivity index (χ2n) is 11.4. The van der Waals surface area contributed by atoms with E-state index in [1.165, 1.54) is 44.4 Å². The molecule has 10 heteroatoms. The fourth-order valence-corrected chi connectivity index (χ4v) is 5.11. The molecule has 1 aliphatic rings. The number of nitrogens with zero attached hydrogens (tertiary/aromatic N) is 1. The van der Waals surface area contributed by atoms with Crippen LogP contribution >= 0.6 is 0 Å². The van der Waals surface area contributed by atoms with Crippen molar-refractivity contribution >= 4 is 29.8 Å². The summed E-state index contributed by atoms with van der Waals surface area (Å²) in [5.74, 6) is -2.55. The second-order valence-corrected chi connectivity index (χ2v) is 11.4. The van der Waals surface area contributed by atoms with E-state index in [9.17, 15) is 24.0 Å². The molecule has 0 aromatic heterocycles. The number of carbonyl (C=O) groups excluding carboxylic acids is 5. The highest BCUT2D eigenvalue weighted by atomic mass is 16.6. The van der Waals surface area contributed by atoms with Gasteiger partial charge in [0.2, 0.25) is 5.91 Å². The minimum atomic E-state index is -0.579. The predicted octanol–water partition coefficient (Wildman–Crippen LogP) is 5.68. The smallest absolute Gasteiger partial charge is 0.306 e. The number of carbonyl (C=O) groups is 5. The molecule has 0 bridgehead atoms. The SMILES string of the molecule is CCCCCCCCOC(=O)CC(COC(=O)CCCCCCCC)CC(=O)OCC1CC(OC(C)=O)CN1C(C)=O. The number of hydrogen-bond donors (Lipinski definition) is 0. The van der Waals surface area contributed by atoms with E-state index in [-0.39, 0.29) is 44.5 Å². The van der Waals surface area contributed by atoms with Crippen molar-refractivity contribution < 1.29 is 42.9 Å². The molecular weight excluding hydrogens is 542 g/mol. The van der Waals surface area contributed by atoms with Crippen LogP contribution in [-0.4, -0.2) is 73.2 Å². The predicted molar refractivity (Wildman–Crippen MR) is 158 cm³/mol. The normalized spacial score (nSPS) is 17.0. The number of likely N-dealkylation sites (tertiary alicyclic amines) is 1. The molecular formula is C32H55NO9. The summed E-state index contributed by atoms with van der Waals surface area (Å²) >= 11 is 0. The fourth-order valence-electron chi connectivity index (χ4n) is 5.11. The number of ether oxygens (including phenoxy) is 4. The van der Waals surface area contributed by atoms with Gasteiger partial charge in [-0.25, -0.2) is 0 Å². The van der Waals surface area contributed by atoms with Crippen molar-refractivity contribution in [3.8, 4) is 0 Å². The van der Waals surface area contributed by atoms with Crippen LogP contribution in [0.3, 0.4) is 0 Å². The van der Waals surface area contributed by atoms with Crippen molar-refractivity contribution in [3.05, 3.63) is 0 Å². The maximum Gasteiger partial charge on any atom is 0.306 e. The Bertz CT molecular complexity index is 816. The summed E-state index contributed by atoms with van der Waals surface area (Å²) in [7, 11) is 0. The van der Waals surface area contributed by atoms with Crippen molar-refractivity contribution in [1.29, 1.82) is 0 Å². The molecule has 0 aromatic rings. The third kappa shape index (κ3) is 18.0. The van der Waals surface area contributed by atoms with Crippen LogP contribution in [0.15, 0.2) is 0 Å². The Labute approximate surface area is 252 Å². The first-order valence-corrected chi connectivity index (χ1v) is 16.1. The summed E-state index contributed by atoms with van der Waals surface area (Å²) in [5.41, 5.74) is 0. The topological polar surface area (TPSA) is 126 Å². The van der Waals surface area contributed by atoms with Crippen LogP contribution in [0, 0.1) is 5.92 Å². The van der Waals surface area contributed by atoms with Crippen LogP contribution in [0.2, 0.25) is 0 Å². The van der Waals surface area contributed by atoms with Gasteiger partial charge in [0, 0.05) is 32.6 Å². The Morgan fingerprint density at radius 1 is 0.714 bits per heavy atom. The molecule has 242 valence electrons. The van der Waals surface area contributed by atoms with Crippen molar-refractivity contribution in [3.63, 3.8) is 0 Å². The molecule has 1 saturated heterocycles. The highest BCUT2D eigenvalue weighted by Gasteiger charge is 2.36. The maximum atomic E-state index is 12.8. The lowest BCUT2D eigenvalue weighted by Crippen LogP contribution is -2.37. The Hall–Kier alpha value is -2.65. The monoisotopic (exact) mass is 597 g/mol. The van der Waals surface area contributed by atoms with E-state index in [4.69, 9.17) is 18.9 Å². The summed E-state index contributed by atoms with van der Waals surface area (Å²) in [4.78, 5) is 62.5. The van der Waals surface area contributed by atoms with E-state index in [0.29, 0.717) is 19.4 Å². The zero-order chi connectivity index (χ0) is 31.2. The zero-order valence-electron chi connectivity index (χ0n) is 26.5. The van der Waals surface area contributed by atoms with Gasteiger partial charge in [0.1, 0.15) is 12.7 Å². The van der Waals surface area contributed by atoms with E-state index in [1.54, 1.807) is 0 Å². The number of rotatable bonds is 23. The van der Waals surface area contributed by atoms with E-state index in [0.717, 1.165) is 51.4 Å². The van der Waals surface area contributed by atoms with Crippen LogP contribution in [0.25, 0.3) is 0 Å². The van der Waals surface area contributed by atoms with Gasteiger partial charge in [0.05, 0.1) is 38.6 Å². The number of esters is 4.